The summed E-state index contributed by atoms with van der Waals surface area (Å²) in [6.45, 7) is 0. The van der Waals surface area contributed by atoms with Crippen molar-refractivity contribution in [2.45, 2.75) is 0 Å². The van der Waals surface area contributed by atoms with Gasteiger partial charge in [-0.05, 0) is 6.07 Å². The van der Waals surface area contributed by atoms with Gasteiger partial charge in [0.2, 0.25) is 5.88 Å². The second-order valence-electron chi connectivity index (χ2n) is 2.98. The zero-order valence-electron chi connectivity index (χ0n) is 8.25. The van der Waals surface area contributed by atoms with E-state index in [0.29, 0.717) is 11.7 Å². The SMILES string of the molecule is COc1cccc(-n2ccc(=O)cc2)n1. The molecule has 4 nitrogen and oxygen atoms in total. The first kappa shape index (κ1) is 9.45. The van der Waals surface area contributed by atoms with Crippen LogP contribution in [0, 0.1) is 0 Å². The van der Waals surface area contributed by atoms with Gasteiger partial charge in [0, 0.05) is 30.6 Å². The summed E-state index contributed by atoms with van der Waals surface area (Å²) in [4.78, 5) is 15.1. The van der Waals surface area contributed by atoms with Gasteiger partial charge in [-0.3, -0.25) is 4.79 Å². The van der Waals surface area contributed by atoms with Gasteiger partial charge in [-0.15, -0.1) is 0 Å². The highest BCUT2D eigenvalue weighted by molar-refractivity contribution is 5.27. The lowest BCUT2D eigenvalue weighted by Crippen LogP contribution is -2.03. The first-order valence-corrected chi connectivity index (χ1v) is 4.49. The van der Waals surface area contributed by atoms with E-state index in [1.165, 1.54) is 12.1 Å². The Labute approximate surface area is 86.8 Å². The van der Waals surface area contributed by atoms with Crippen molar-refractivity contribution in [3.63, 3.8) is 0 Å². The maximum absolute atomic E-state index is 10.9. The van der Waals surface area contributed by atoms with Gasteiger partial charge >= 0.3 is 0 Å². The van der Waals surface area contributed by atoms with Gasteiger partial charge in [-0.25, -0.2) is 0 Å². The number of hydrogen-bond donors (Lipinski definition) is 0. The molecule has 0 radical (unpaired) electrons. The Bertz CT molecular complexity index is 499. The van der Waals surface area contributed by atoms with Crippen LogP contribution in [0.5, 0.6) is 5.88 Å². The highest BCUT2D eigenvalue weighted by Crippen LogP contribution is 2.09. The zero-order valence-corrected chi connectivity index (χ0v) is 8.25. The van der Waals surface area contributed by atoms with Gasteiger partial charge in [0.1, 0.15) is 5.82 Å². The Morgan fingerprint density at radius 3 is 2.60 bits per heavy atom. The van der Waals surface area contributed by atoms with Crippen LogP contribution in [0.1, 0.15) is 0 Å². The summed E-state index contributed by atoms with van der Waals surface area (Å²) in [5.74, 6) is 1.26. The number of aromatic nitrogens is 2. The fraction of sp³-hybridized carbons (Fsp3) is 0.0909. The Hall–Kier alpha value is -2.10. The van der Waals surface area contributed by atoms with E-state index in [1.54, 1.807) is 30.1 Å². The highest BCUT2D eigenvalue weighted by atomic mass is 16.5. The molecule has 2 aromatic heterocycles. The first-order chi connectivity index (χ1) is 7.29. The normalized spacial score (nSPS) is 9.93. The second-order valence-corrected chi connectivity index (χ2v) is 2.98. The molecule has 4 heteroatoms. The average Bonchev–Trinajstić information content (AvgIpc) is 2.30. The Morgan fingerprint density at radius 1 is 1.20 bits per heavy atom. The van der Waals surface area contributed by atoms with Crippen LogP contribution in [-0.2, 0) is 0 Å². The van der Waals surface area contributed by atoms with Crippen molar-refractivity contribution in [2.75, 3.05) is 7.11 Å². The van der Waals surface area contributed by atoms with Gasteiger partial charge in [-0.2, -0.15) is 4.98 Å². The minimum atomic E-state index is -0.0193. The molecule has 76 valence electrons. The lowest BCUT2D eigenvalue weighted by atomic mass is 10.4. The molecule has 2 aromatic rings. The predicted octanol–water partition coefficient (Wildman–Crippen LogP) is 1.24. The third kappa shape index (κ3) is 2.04. The molecule has 2 heterocycles. The van der Waals surface area contributed by atoms with Crippen molar-refractivity contribution in [1.29, 1.82) is 0 Å². The summed E-state index contributed by atoms with van der Waals surface area (Å²) >= 11 is 0. The zero-order chi connectivity index (χ0) is 10.7. The molecule has 0 spiro atoms. The largest absolute Gasteiger partial charge is 0.481 e. The second kappa shape index (κ2) is 3.96. The third-order valence-corrected chi connectivity index (χ3v) is 1.98. The van der Waals surface area contributed by atoms with E-state index in [1.807, 2.05) is 12.1 Å². The van der Waals surface area contributed by atoms with Gasteiger partial charge in [-0.1, -0.05) is 6.07 Å². The van der Waals surface area contributed by atoms with Crippen LogP contribution in [0.2, 0.25) is 0 Å². The maximum Gasteiger partial charge on any atom is 0.214 e. The number of nitrogens with zero attached hydrogens (tertiary/aromatic N) is 2. The summed E-state index contributed by atoms with van der Waals surface area (Å²) in [5, 5.41) is 0. The fourth-order valence-corrected chi connectivity index (χ4v) is 1.23. The molecule has 0 bridgehead atoms. The number of methoxy groups -OCH3 is 1. The van der Waals surface area contributed by atoms with Gasteiger partial charge in [0.25, 0.3) is 0 Å². The van der Waals surface area contributed by atoms with Crippen molar-refractivity contribution in [2.24, 2.45) is 0 Å². The number of ether oxygens (including phenoxy) is 1. The first-order valence-electron chi connectivity index (χ1n) is 4.49. The van der Waals surface area contributed by atoms with E-state index in [4.69, 9.17) is 4.74 Å². The van der Waals surface area contributed by atoms with Crippen molar-refractivity contribution in [3.8, 4) is 11.7 Å². The average molecular weight is 202 g/mol. The molecular formula is C11H10N2O2. The Morgan fingerprint density at radius 2 is 1.93 bits per heavy atom. The highest BCUT2D eigenvalue weighted by Gasteiger charge is 1.97. The van der Waals surface area contributed by atoms with E-state index in [-0.39, 0.29) is 5.43 Å². The van der Waals surface area contributed by atoms with Gasteiger partial charge in [0.15, 0.2) is 5.43 Å². The minimum Gasteiger partial charge on any atom is -0.481 e. The topological polar surface area (TPSA) is 44.1 Å². The lowest BCUT2D eigenvalue weighted by molar-refractivity contribution is 0.397. The molecule has 0 unspecified atom stereocenters. The summed E-state index contributed by atoms with van der Waals surface area (Å²) in [6, 6.07) is 8.43. The molecule has 2 rings (SSSR count). The molecule has 0 atom stereocenters. The van der Waals surface area contributed by atoms with Crippen molar-refractivity contribution >= 4 is 0 Å². The van der Waals surface area contributed by atoms with E-state index < -0.39 is 0 Å². The monoisotopic (exact) mass is 202 g/mol. The Balaban J connectivity index is 2.44. The van der Waals surface area contributed by atoms with Gasteiger partial charge in [0.05, 0.1) is 7.11 Å². The molecular weight excluding hydrogens is 192 g/mol. The van der Waals surface area contributed by atoms with Crippen LogP contribution in [0.25, 0.3) is 5.82 Å². The predicted molar refractivity (Wildman–Crippen MR) is 56.4 cm³/mol. The quantitative estimate of drug-likeness (QED) is 0.736. The van der Waals surface area contributed by atoms with Crippen molar-refractivity contribution < 1.29 is 4.74 Å². The summed E-state index contributed by atoms with van der Waals surface area (Å²) in [5.41, 5.74) is -0.0193. The smallest absolute Gasteiger partial charge is 0.214 e. The molecule has 0 aliphatic heterocycles. The summed E-state index contributed by atoms with van der Waals surface area (Å²) in [6.07, 6.45) is 3.34. The fourth-order valence-electron chi connectivity index (χ4n) is 1.23. The third-order valence-electron chi connectivity index (χ3n) is 1.98. The molecule has 0 saturated carbocycles. The van der Waals surface area contributed by atoms with E-state index >= 15 is 0 Å². The summed E-state index contributed by atoms with van der Waals surface area (Å²) in [7, 11) is 1.57. The van der Waals surface area contributed by atoms with Gasteiger partial charge < -0.3 is 9.30 Å². The van der Waals surface area contributed by atoms with E-state index in [2.05, 4.69) is 4.98 Å². The molecule has 0 amide bonds. The van der Waals surface area contributed by atoms with Crippen molar-refractivity contribution in [3.05, 3.63) is 52.9 Å². The molecule has 0 fully saturated rings. The molecule has 0 aliphatic carbocycles. The maximum atomic E-state index is 10.9. The molecule has 0 aliphatic rings. The number of hydrogen-bond acceptors (Lipinski definition) is 3. The van der Waals surface area contributed by atoms with Crippen LogP contribution in [0.4, 0.5) is 0 Å². The number of pyridine rings is 2. The van der Waals surface area contributed by atoms with Crippen LogP contribution >= 0.6 is 0 Å². The summed E-state index contributed by atoms with van der Waals surface area (Å²) < 4.78 is 6.77. The van der Waals surface area contributed by atoms with Crippen LogP contribution in [0.15, 0.2) is 47.5 Å². The van der Waals surface area contributed by atoms with E-state index in [9.17, 15) is 4.79 Å². The Kier molecular flexibility index (Phi) is 2.49. The van der Waals surface area contributed by atoms with E-state index in [0.717, 1.165) is 0 Å². The standard InChI is InChI=1S/C11H10N2O2/c1-15-11-4-2-3-10(12-11)13-7-5-9(14)6-8-13/h2-8H,1H3. The minimum absolute atomic E-state index is 0.0193. The molecule has 0 N–H and O–H groups in total. The molecule has 0 aromatic carbocycles. The number of rotatable bonds is 2. The van der Waals surface area contributed by atoms with Crippen LogP contribution in [0.3, 0.4) is 0 Å². The van der Waals surface area contributed by atoms with Crippen LogP contribution in [-0.4, -0.2) is 16.7 Å². The molecule has 0 saturated heterocycles. The van der Waals surface area contributed by atoms with Crippen molar-refractivity contribution in [1.82, 2.24) is 9.55 Å². The lowest BCUT2D eigenvalue weighted by Gasteiger charge is -2.05. The van der Waals surface area contributed by atoms with Crippen LogP contribution < -0.4 is 10.2 Å². The molecule has 15 heavy (non-hydrogen) atoms.